The summed E-state index contributed by atoms with van der Waals surface area (Å²) >= 11 is 0. The SMILES string of the molecule is I.Nc1ncnn2cccc12. The van der Waals surface area contributed by atoms with Crippen molar-refractivity contribution in [3.63, 3.8) is 0 Å². The third-order valence-corrected chi connectivity index (χ3v) is 1.36. The molecule has 0 atom stereocenters. The fraction of sp³-hybridized carbons (Fsp3) is 0. The Hall–Kier alpha value is -0.850. The molecule has 0 saturated heterocycles. The number of hydrogen-bond acceptors (Lipinski definition) is 3. The molecule has 0 unspecified atom stereocenters. The van der Waals surface area contributed by atoms with E-state index in [2.05, 4.69) is 10.1 Å². The maximum atomic E-state index is 5.53. The summed E-state index contributed by atoms with van der Waals surface area (Å²) in [5, 5.41) is 3.93. The predicted octanol–water partition coefficient (Wildman–Crippen LogP) is 0.929. The zero-order chi connectivity index (χ0) is 6.97. The molecule has 0 amide bonds. The van der Waals surface area contributed by atoms with Crippen LogP contribution in [-0.4, -0.2) is 14.6 Å². The molecule has 4 nitrogen and oxygen atoms in total. The second-order valence-electron chi connectivity index (χ2n) is 1.98. The quantitative estimate of drug-likeness (QED) is 0.718. The number of aromatic nitrogens is 3. The minimum Gasteiger partial charge on any atom is -0.382 e. The zero-order valence-electron chi connectivity index (χ0n) is 5.64. The Morgan fingerprint density at radius 2 is 2.27 bits per heavy atom. The second-order valence-corrected chi connectivity index (χ2v) is 1.98. The van der Waals surface area contributed by atoms with E-state index in [0.29, 0.717) is 5.82 Å². The standard InChI is InChI=1S/C6H6N4.HI/c7-6-5-2-1-3-10(5)9-4-8-6;/h1-4H,(H2,7,8,9);1H. The van der Waals surface area contributed by atoms with Crippen LogP contribution < -0.4 is 5.73 Å². The average Bonchev–Trinajstić information content (AvgIpc) is 2.36. The van der Waals surface area contributed by atoms with Crippen molar-refractivity contribution in [3.05, 3.63) is 24.7 Å². The highest BCUT2D eigenvalue weighted by Gasteiger charge is 1.95. The van der Waals surface area contributed by atoms with E-state index in [1.165, 1.54) is 6.33 Å². The summed E-state index contributed by atoms with van der Waals surface area (Å²) in [6.07, 6.45) is 3.26. The lowest BCUT2D eigenvalue weighted by molar-refractivity contribution is 0.908. The molecule has 2 N–H and O–H groups in total. The summed E-state index contributed by atoms with van der Waals surface area (Å²) in [5.41, 5.74) is 6.38. The summed E-state index contributed by atoms with van der Waals surface area (Å²) in [7, 11) is 0. The van der Waals surface area contributed by atoms with Gasteiger partial charge in [0.05, 0.1) is 0 Å². The summed E-state index contributed by atoms with van der Waals surface area (Å²) in [6.45, 7) is 0. The fourth-order valence-corrected chi connectivity index (χ4v) is 0.886. The Morgan fingerprint density at radius 1 is 1.45 bits per heavy atom. The molecule has 0 aromatic carbocycles. The van der Waals surface area contributed by atoms with Crippen LogP contribution >= 0.6 is 24.0 Å². The van der Waals surface area contributed by atoms with Gasteiger partial charge in [-0.3, -0.25) is 0 Å². The van der Waals surface area contributed by atoms with Crippen LogP contribution in [0.3, 0.4) is 0 Å². The molecule has 2 aromatic heterocycles. The lowest BCUT2D eigenvalue weighted by atomic mass is 10.5. The first kappa shape index (κ1) is 8.25. The van der Waals surface area contributed by atoms with Gasteiger partial charge in [0, 0.05) is 6.20 Å². The van der Waals surface area contributed by atoms with Crippen molar-refractivity contribution < 1.29 is 0 Å². The highest BCUT2D eigenvalue weighted by atomic mass is 127. The van der Waals surface area contributed by atoms with E-state index >= 15 is 0 Å². The largest absolute Gasteiger partial charge is 0.382 e. The van der Waals surface area contributed by atoms with Crippen LogP contribution in [0.2, 0.25) is 0 Å². The summed E-state index contributed by atoms with van der Waals surface area (Å²) in [6, 6.07) is 3.75. The van der Waals surface area contributed by atoms with Crippen molar-refractivity contribution in [2.45, 2.75) is 0 Å². The maximum Gasteiger partial charge on any atom is 0.151 e. The Balaban J connectivity index is 0.000000605. The molecular weight excluding hydrogens is 255 g/mol. The molecule has 0 radical (unpaired) electrons. The number of rotatable bonds is 0. The van der Waals surface area contributed by atoms with E-state index < -0.39 is 0 Å². The predicted molar refractivity (Wildman–Crippen MR) is 52.8 cm³/mol. The molecule has 2 rings (SSSR count). The normalized spacial score (nSPS) is 9.45. The topological polar surface area (TPSA) is 56.2 Å². The molecule has 11 heavy (non-hydrogen) atoms. The number of fused-ring (bicyclic) bond motifs is 1. The first-order valence-corrected chi connectivity index (χ1v) is 2.92. The Kier molecular flexibility index (Phi) is 2.28. The number of nitrogens with two attached hydrogens (primary N) is 1. The number of halogens is 1. The summed E-state index contributed by atoms with van der Waals surface area (Å²) in [5.74, 6) is 0.514. The first-order chi connectivity index (χ1) is 4.88. The van der Waals surface area contributed by atoms with Gasteiger partial charge in [-0.25, -0.2) is 9.50 Å². The molecule has 0 spiro atoms. The van der Waals surface area contributed by atoms with Gasteiger partial charge in [0.15, 0.2) is 5.82 Å². The van der Waals surface area contributed by atoms with Gasteiger partial charge >= 0.3 is 0 Å². The maximum absolute atomic E-state index is 5.53. The number of anilines is 1. The molecule has 0 fully saturated rings. The van der Waals surface area contributed by atoms with Crippen LogP contribution in [0.25, 0.3) is 5.52 Å². The van der Waals surface area contributed by atoms with Gasteiger partial charge in [-0.1, -0.05) is 0 Å². The van der Waals surface area contributed by atoms with Crippen LogP contribution in [0.4, 0.5) is 5.82 Å². The van der Waals surface area contributed by atoms with Gasteiger partial charge in [-0.2, -0.15) is 5.10 Å². The van der Waals surface area contributed by atoms with Crippen molar-refractivity contribution in [1.29, 1.82) is 0 Å². The van der Waals surface area contributed by atoms with Gasteiger partial charge < -0.3 is 5.73 Å². The smallest absolute Gasteiger partial charge is 0.151 e. The number of hydrogen-bond donors (Lipinski definition) is 1. The lowest BCUT2D eigenvalue weighted by Crippen LogP contribution is -1.96. The number of nitrogen functional groups attached to an aromatic ring is 1. The van der Waals surface area contributed by atoms with Crippen molar-refractivity contribution in [1.82, 2.24) is 14.6 Å². The third-order valence-electron chi connectivity index (χ3n) is 1.36. The third kappa shape index (κ3) is 1.28. The van der Waals surface area contributed by atoms with E-state index in [9.17, 15) is 0 Å². The van der Waals surface area contributed by atoms with E-state index in [1.807, 2.05) is 18.3 Å². The van der Waals surface area contributed by atoms with Crippen molar-refractivity contribution in [2.24, 2.45) is 0 Å². The molecule has 2 aromatic rings. The molecule has 5 heteroatoms. The number of nitrogens with zero attached hydrogens (tertiary/aromatic N) is 3. The van der Waals surface area contributed by atoms with Crippen molar-refractivity contribution in [3.8, 4) is 0 Å². The Labute approximate surface area is 80.4 Å². The van der Waals surface area contributed by atoms with Gasteiger partial charge in [0.1, 0.15) is 11.8 Å². The van der Waals surface area contributed by atoms with Gasteiger partial charge in [0.25, 0.3) is 0 Å². The monoisotopic (exact) mass is 262 g/mol. The van der Waals surface area contributed by atoms with E-state index in [-0.39, 0.29) is 24.0 Å². The molecule has 0 bridgehead atoms. The van der Waals surface area contributed by atoms with Gasteiger partial charge in [0.2, 0.25) is 0 Å². The van der Waals surface area contributed by atoms with Gasteiger partial charge in [-0.05, 0) is 12.1 Å². The molecule has 0 aliphatic heterocycles. The highest BCUT2D eigenvalue weighted by molar-refractivity contribution is 14.0. The first-order valence-electron chi connectivity index (χ1n) is 2.92. The Morgan fingerprint density at radius 3 is 3.00 bits per heavy atom. The summed E-state index contributed by atoms with van der Waals surface area (Å²) < 4.78 is 1.68. The zero-order valence-corrected chi connectivity index (χ0v) is 7.97. The minimum absolute atomic E-state index is 0. The van der Waals surface area contributed by atoms with Crippen molar-refractivity contribution in [2.75, 3.05) is 5.73 Å². The summed E-state index contributed by atoms with van der Waals surface area (Å²) in [4.78, 5) is 3.83. The van der Waals surface area contributed by atoms with E-state index in [4.69, 9.17) is 5.73 Å². The van der Waals surface area contributed by atoms with Crippen LogP contribution in [0.15, 0.2) is 24.7 Å². The van der Waals surface area contributed by atoms with Crippen LogP contribution in [0.5, 0.6) is 0 Å². The molecule has 2 heterocycles. The second kappa shape index (κ2) is 3.04. The fourth-order valence-electron chi connectivity index (χ4n) is 0.886. The van der Waals surface area contributed by atoms with Crippen LogP contribution in [0, 0.1) is 0 Å². The molecule has 0 aliphatic rings. The molecular formula is C6H7IN4. The van der Waals surface area contributed by atoms with Gasteiger partial charge in [-0.15, -0.1) is 24.0 Å². The molecule has 58 valence electrons. The molecule has 0 aliphatic carbocycles. The van der Waals surface area contributed by atoms with Crippen molar-refractivity contribution >= 4 is 35.3 Å². The average molecular weight is 262 g/mol. The Bertz CT molecular complexity index is 356. The minimum atomic E-state index is 0. The van der Waals surface area contributed by atoms with Crippen LogP contribution in [-0.2, 0) is 0 Å². The van der Waals surface area contributed by atoms with Crippen LogP contribution in [0.1, 0.15) is 0 Å². The van der Waals surface area contributed by atoms with E-state index in [1.54, 1.807) is 4.52 Å². The highest BCUT2D eigenvalue weighted by Crippen LogP contribution is 2.06. The molecule has 0 saturated carbocycles. The van der Waals surface area contributed by atoms with E-state index in [0.717, 1.165) is 5.52 Å². The lowest BCUT2D eigenvalue weighted by Gasteiger charge is -1.93.